The summed E-state index contributed by atoms with van der Waals surface area (Å²) in [5, 5.41) is 9.25. The van der Waals surface area contributed by atoms with Crippen LogP contribution in [0.15, 0.2) is 58.2 Å². The highest BCUT2D eigenvalue weighted by molar-refractivity contribution is 6.03. The van der Waals surface area contributed by atoms with Gasteiger partial charge in [0, 0.05) is 57.2 Å². The molecule has 2 saturated carbocycles. The highest BCUT2D eigenvalue weighted by atomic mass is 19.3. The number of benzene rings is 1. The SMILES string of the molecule is CC(C1CCC(n2cc(NC(=O)c3coc(-c4ccnc(C(CC5CC5)C(=O)OC(C)(C)C)c4)n3)c(C(F)F)n2)CC1)N1CCC(OCCCc2cccc3c2n(C)c(=O)n3C2CCC(=O)NC2=O)CC1. The molecule has 0 radical (unpaired) electrons. The predicted molar refractivity (Wildman–Crippen MR) is 259 cm³/mol. The first-order valence-corrected chi connectivity index (χ1v) is 25.2. The number of aryl methyl sites for hydroxylation is 2. The first-order valence-electron chi connectivity index (χ1n) is 25.2. The molecule has 4 fully saturated rings. The summed E-state index contributed by atoms with van der Waals surface area (Å²) in [5.74, 6) is -1.41. The monoisotopic (exact) mass is 981 g/mol. The third-order valence-corrected chi connectivity index (χ3v) is 14.8. The van der Waals surface area contributed by atoms with Crippen molar-refractivity contribution in [2.75, 3.05) is 25.0 Å². The normalized spacial score (nSPS) is 21.4. The Labute approximate surface area is 411 Å². The fourth-order valence-electron chi connectivity index (χ4n) is 10.8. The van der Waals surface area contributed by atoms with E-state index in [1.165, 1.54) is 17.0 Å². The standard InChI is InChI=1S/C52H65F2N9O8/c1-30(61-23-20-36(21-24-61)69-25-7-9-33-8-6-10-41-45(33)60(5)51(68)63(41)42-17-18-43(64)58-48(42)66)32-13-15-35(16-14-32)62-28-39(44(59-62)46(53)54)56-47(65)40-29-70-49(57-40)34-19-22-55-38(27-34)37(26-31-11-12-31)50(67)71-52(2,3)4/h6,8,10,19,22,27-32,35-37,42,46H,7,9,11-18,20-21,23-26H2,1-5H3,(H,56,65)(H,58,64,66). The van der Waals surface area contributed by atoms with Crippen molar-refractivity contribution in [3.63, 3.8) is 0 Å². The van der Waals surface area contributed by atoms with Crippen LogP contribution < -0.4 is 16.3 Å². The molecule has 17 nitrogen and oxygen atoms in total. The number of para-hydroxylation sites is 1. The number of fused-ring (bicyclic) bond motifs is 1. The Hall–Kier alpha value is -6.08. The molecule has 6 heterocycles. The molecule has 4 aromatic heterocycles. The third-order valence-electron chi connectivity index (χ3n) is 14.8. The van der Waals surface area contributed by atoms with E-state index in [-0.39, 0.29) is 53.4 Å². The third kappa shape index (κ3) is 11.4. The molecule has 2 saturated heterocycles. The zero-order chi connectivity index (χ0) is 50.1. The van der Waals surface area contributed by atoms with Crippen LogP contribution in [0.25, 0.3) is 22.5 Å². The lowest BCUT2D eigenvalue weighted by atomic mass is 9.81. The summed E-state index contributed by atoms with van der Waals surface area (Å²) >= 11 is 0. The topological polar surface area (TPSA) is 198 Å². The second kappa shape index (κ2) is 20.9. The quantitative estimate of drug-likeness (QED) is 0.0515. The first-order chi connectivity index (χ1) is 34.0. The number of likely N-dealkylation sites (tertiary alicyclic amines) is 1. The van der Waals surface area contributed by atoms with Crippen LogP contribution in [-0.4, -0.2) is 94.9 Å². The van der Waals surface area contributed by atoms with Crippen LogP contribution in [0.5, 0.6) is 0 Å². The predicted octanol–water partition coefficient (Wildman–Crippen LogP) is 8.21. The van der Waals surface area contributed by atoms with Crippen molar-refractivity contribution in [3.8, 4) is 11.5 Å². The molecular formula is C52H65F2N9O8. The average Bonchev–Trinajstić information content (AvgIpc) is 3.73. The number of nitrogens with one attached hydrogen (secondary N) is 2. The molecule has 9 rings (SSSR count). The molecule has 5 aromatic rings. The summed E-state index contributed by atoms with van der Waals surface area (Å²) in [4.78, 5) is 75.8. The largest absolute Gasteiger partial charge is 0.459 e. The van der Waals surface area contributed by atoms with Crippen LogP contribution in [0.3, 0.4) is 0 Å². The number of hydrogen-bond donors (Lipinski definition) is 2. The van der Waals surface area contributed by atoms with Crippen LogP contribution in [0, 0.1) is 11.8 Å². The summed E-state index contributed by atoms with van der Waals surface area (Å²) < 4.78 is 51.2. The lowest BCUT2D eigenvalue weighted by Crippen LogP contribution is -2.46. The minimum absolute atomic E-state index is 0.0763. The van der Waals surface area contributed by atoms with Gasteiger partial charge in [-0.2, -0.15) is 5.10 Å². The molecule has 3 amide bonds. The van der Waals surface area contributed by atoms with Gasteiger partial charge < -0.3 is 24.1 Å². The number of imidazole rings is 1. The fraction of sp³-hybridized carbons (Fsp3) is 0.577. The van der Waals surface area contributed by atoms with E-state index in [0.717, 1.165) is 82.0 Å². The van der Waals surface area contributed by atoms with E-state index in [4.69, 9.17) is 13.9 Å². The number of piperidine rings is 2. The van der Waals surface area contributed by atoms with Gasteiger partial charge in [0.25, 0.3) is 12.3 Å². The lowest BCUT2D eigenvalue weighted by molar-refractivity contribution is -0.157. The Bertz CT molecular complexity index is 2810. The maximum absolute atomic E-state index is 14.4. The van der Waals surface area contributed by atoms with Gasteiger partial charge in [-0.15, -0.1) is 0 Å². The van der Waals surface area contributed by atoms with Gasteiger partial charge >= 0.3 is 11.7 Å². The Morgan fingerprint density at radius 3 is 2.46 bits per heavy atom. The van der Waals surface area contributed by atoms with Gasteiger partial charge in [0.1, 0.15) is 17.9 Å². The van der Waals surface area contributed by atoms with E-state index < -0.39 is 41.5 Å². The number of hydrogen-bond acceptors (Lipinski definition) is 12. The molecule has 0 bridgehead atoms. The average molecular weight is 982 g/mol. The zero-order valence-corrected chi connectivity index (χ0v) is 41.2. The highest BCUT2D eigenvalue weighted by Gasteiger charge is 2.36. The molecule has 1 aromatic carbocycles. The van der Waals surface area contributed by atoms with Crippen LogP contribution in [-0.2, 0) is 37.3 Å². The molecule has 19 heteroatoms. The number of anilines is 1. The van der Waals surface area contributed by atoms with Crippen molar-refractivity contribution in [1.82, 2.24) is 39.1 Å². The van der Waals surface area contributed by atoms with Crippen LogP contribution in [0.4, 0.5) is 14.5 Å². The smallest absolute Gasteiger partial charge is 0.329 e. The number of oxazole rings is 1. The second-order valence-electron chi connectivity index (χ2n) is 20.9. The van der Waals surface area contributed by atoms with Crippen LogP contribution in [0.2, 0.25) is 0 Å². The van der Waals surface area contributed by atoms with E-state index >= 15 is 0 Å². The van der Waals surface area contributed by atoms with Crippen molar-refractivity contribution in [1.29, 1.82) is 0 Å². The van der Waals surface area contributed by atoms with E-state index in [1.807, 2.05) is 39.0 Å². The van der Waals surface area contributed by atoms with Crippen LogP contribution in [0.1, 0.15) is 157 Å². The van der Waals surface area contributed by atoms with Gasteiger partial charge in [-0.05, 0) is 128 Å². The van der Waals surface area contributed by atoms with E-state index in [1.54, 1.807) is 34.6 Å². The van der Waals surface area contributed by atoms with E-state index in [2.05, 4.69) is 37.5 Å². The number of amides is 3. The van der Waals surface area contributed by atoms with Crippen molar-refractivity contribution in [2.45, 2.75) is 153 Å². The van der Waals surface area contributed by atoms with Gasteiger partial charge in [0.15, 0.2) is 11.4 Å². The highest BCUT2D eigenvalue weighted by Crippen LogP contribution is 2.41. The molecule has 3 atom stereocenters. The van der Waals surface area contributed by atoms with Crippen molar-refractivity contribution < 1.29 is 41.8 Å². The Morgan fingerprint density at radius 2 is 1.76 bits per heavy atom. The number of pyridine rings is 1. The zero-order valence-electron chi connectivity index (χ0n) is 41.2. The molecule has 0 spiro atoms. The maximum Gasteiger partial charge on any atom is 0.329 e. The van der Waals surface area contributed by atoms with E-state index in [0.29, 0.717) is 60.5 Å². The first kappa shape index (κ1) is 49.9. The number of alkyl halides is 2. The van der Waals surface area contributed by atoms with Gasteiger partial charge in [0.2, 0.25) is 17.7 Å². The molecule has 3 unspecified atom stereocenters. The molecule has 2 aliphatic carbocycles. The lowest BCUT2D eigenvalue weighted by Gasteiger charge is -2.41. The molecule has 380 valence electrons. The summed E-state index contributed by atoms with van der Waals surface area (Å²) in [7, 11) is 1.72. The Morgan fingerprint density at radius 1 is 1.00 bits per heavy atom. The fourth-order valence-corrected chi connectivity index (χ4v) is 10.8. The molecule has 2 N–H and O–H groups in total. The van der Waals surface area contributed by atoms with Crippen molar-refractivity contribution in [2.24, 2.45) is 18.9 Å². The number of carbonyl (C=O) groups is 4. The molecule has 2 aliphatic heterocycles. The van der Waals surface area contributed by atoms with Crippen molar-refractivity contribution in [3.05, 3.63) is 82.1 Å². The summed E-state index contributed by atoms with van der Waals surface area (Å²) in [5.41, 5.74) is 1.91. The number of aromatic nitrogens is 6. The summed E-state index contributed by atoms with van der Waals surface area (Å²) in [6.45, 7) is 10.2. The number of imide groups is 1. The number of esters is 1. The number of carbonyl (C=O) groups excluding carboxylic acids is 4. The summed E-state index contributed by atoms with van der Waals surface area (Å²) in [6.07, 6.45) is 11.4. The van der Waals surface area contributed by atoms with Gasteiger partial charge in [0.05, 0.1) is 40.5 Å². The number of rotatable bonds is 17. The number of ether oxygens (including phenoxy) is 2. The number of halogens is 2. The summed E-state index contributed by atoms with van der Waals surface area (Å²) in [6, 6.07) is 8.68. The van der Waals surface area contributed by atoms with Crippen molar-refractivity contribution >= 4 is 40.4 Å². The van der Waals surface area contributed by atoms with Gasteiger partial charge in [-0.3, -0.25) is 43.3 Å². The van der Waals surface area contributed by atoms with Gasteiger partial charge in [-0.1, -0.05) is 25.0 Å². The minimum Gasteiger partial charge on any atom is -0.459 e. The Balaban J connectivity index is 0.739. The second-order valence-corrected chi connectivity index (χ2v) is 20.9. The van der Waals surface area contributed by atoms with E-state index in [9.17, 15) is 32.8 Å². The Kier molecular flexibility index (Phi) is 14.7. The van der Waals surface area contributed by atoms with Gasteiger partial charge in [-0.25, -0.2) is 18.6 Å². The minimum atomic E-state index is -2.91. The number of nitrogens with zero attached hydrogens (tertiary/aromatic N) is 7. The molecule has 4 aliphatic rings. The van der Waals surface area contributed by atoms with Crippen LogP contribution >= 0.6 is 0 Å². The molecule has 71 heavy (non-hydrogen) atoms. The maximum atomic E-state index is 14.4. The molecular weight excluding hydrogens is 917 g/mol.